The molecule has 0 atom stereocenters. The molecule has 2 rings (SSSR count). The second-order valence-electron chi connectivity index (χ2n) is 5.55. The van der Waals surface area contributed by atoms with Gasteiger partial charge < -0.3 is 14.4 Å². The first-order valence-corrected chi connectivity index (χ1v) is 6.73. The summed E-state index contributed by atoms with van der Waals surface area (Å²) in [5.74, 6) is 0.536. The topological polar surface area (TPSA) is 56.9 Å². The molecule has 0 bridgehead atoms. The quantitative estimate of drug-likeness (QED) is 0.880. The van der Waals surface area contributed by atoms with Crippen molar-refractivity contribution >= 4 is 5.97 Å². The van der Waals surface area contributed by atoms with E-state index in [9.17, 15) is 4.79 Å². The molecule has 1 aliphatic heterocycles. The van der Waals surface area contributed by atoms with E-state index >= 15 is 0 Å². The average molecular weight is 266 g/mol. The van der Waals surface area contributed by atoms with Crippen LogP contribution in [0.2, 0.25) is 0 Å². The molecule has 1 aromatic rings. The van der Waals surface area contributed by atoms with Crippen molar-refractivity contribution in [2.24, 2.45) is 5.92 Å². The lowest BCUT2D eigenvalue weighted by molar-refractivity contribution is 0.0657. The van der Waals surface area contributed by atoms with Crippen molar-refractivity contribution in [2.45, 2.75) is 19.4 Å². The molecular formula is C14H22N2O3. The highest BCUT2D eigenvalue weighted by atomic mass is 16.4. The molecule has 106 valence electrons. The molecule has 5 nitrogen and oxygen atoms in total. The van der Waals surface area contributed by atoms with Gasteiger partial charge in [-0.1, -0.05) is 0 Å². The normalized spacial score (nSPS) is 18.1. The maximum atomic E-state index is 10.7. The van der Waals surface area contributed by atoms with Gasteiger partial charge in [-0.05, 0) is 58.1 Å². The minimum atomic E-state index is -1.00. The van der Waals surface area contributed by atoms with E-state index in [1.807, 2.05) is 0 Å². The van der Waals surface area contributed by atoms with Crippen LogP contribution in [0.15, 0.2) is 16.5 Å². The summed E-state index contributed by atoms with van der Waals surface area (Å²) >= 11 is 0. The van der Waals surface area contributed by atoms with Gasteiger partial charge in [0.25, 0.3) is 0 Å². The van der Waals surface area contributed by atoms with E-state index in [1.54, 1.807) is 6.07 Å². The van der Waals surface area contributed by atoms with Crippen LogP contribution >= 0.6 is 0 Å². The lowest BCUT2D eigenvalue weighted by Gasteiger charge is -2.32. The van der Waals surface area contributed by atoms with Gasteiger partial charge in [0.2, 0.25) is 5.76 Å². The van der Waals surface area contributed by atoms with Crippen molar-refractivity contribution in [3.8, 4) is 0 Å². The number of furan rings is 1. The Kier molecular flexibility index (Phi) is 4.61. The summed E-state index contributed by atoms with van der Waals surface area (Å²) in [7, 11) is 4.23. The van der Waals surface area contributed by atoms with Gasteiger partial charge in [0.1, 0.15) is 5.76 Å². The smallest absolute Gasteiger partial charge is 0.371 e. The predicted molar refractivity (Wildman–Crippen MR) is 72.2 cm³/mol. The molecule has 2 heterocycles. The first-order chi connectivity index (χ1) is 9.04. The van der Waals surface area contributed by atoms with Crippen molar-refractivity contribution in [3.63, 3.8) is 0 Å². The number of rotatable bonds is 5. The van der Waals surface area contributed by atoms with Crippen LogP contribution in [-0.2, 0) is 6.54 Å². The van der Waals surface area contributed by atoms with Gasteiger partial charge in [-0.15, -0.1) is 0 Å². The minimum absolute atomic E-state index is 0.0255. The number of likely N-dealkylation sites (tertiary alicyclic amines) is 1. The Balaban J connectivity index is 1.80. The molecule has 0 radical (unpaired) electrons. The summed E-state index contributed by atoms with van der Waals surface area (Å²) < 4.78 is 5.29. The summed E-state index contributed by atoms with van der Waals surface area (Å²) in [6.45, 7) is 3.98. The fourth-order valence-corrected chi connectivity index (χ4v) is 2.64. The molecule has 1 saturated heterocycles. The van der Waals surface area contributed by atoms with Crippen LogP contribution in [0.1, 0.15) is 29.2 Å². The van der Waals surface area contributed by atoms with Crippen molar-refractivity contribution < 1.29 is 14.3 Å². The maximum absolute atomic E-state index is 10.7. The minimum Gasteiger partial charge on any atom is -0.475 e. The third kappa shape index (κ3) is 4.08. The van der Waals surface area contributed by atoms with Crippen molar-refractivity contribution in [1.82, 2.24) is 9.80 Å². The molecule has 0 amide bonds. The standard InChI is InChI=1S/C14H22N2O3/c1-15(2)9-11-5-7-16(8-6-11)10-12-3-4-13(19-12)14(17)18/h3-4,11H,5-10H2,1-2H3,(H,17,18). The van der Waals surface area contributed by atoms with Gasteiger partial charge >= 0.3 is 5.97 Å². The number of hydrogen-bond acceptors (Lipinski definition) is 4. The Bertz CT molecular complexity index is 420. The van der Waals surface area contributed by atoms with Crippen LogP contribution in [0, 0.1) is 5.92 Å². The first kappa shape index (κ1) is 14.1. The monoisotopic (exact) mass is 266 g/mol. The Hall–Kier alpha value is -1.33. The molecule has 0 saturated carbocycles. The second-order valence-corrected chi connectivity index (χ2v) is 5.55. The Morgan fingerprint density at radius 3 is 2.63 bits per heavy atom. The molecule has 1 N–H and O–H groups in total. The lowest BCUT2D eigenvalue weighted by Crippen LogP contribution is -2.36. The molecule has 0 aromatic carbocycles. The summed E-state index contributed by atoms with van der Waals surface area (Å²) in [6, 6.07) is 3.28. The van der Waals surface area contributed by atoms with Gasteiger partial charge in [-0.3, -0.25) is 4.90 Å². The molecule has 5 heteroatoms. The number of carbonyl (C=O) groups is 1. The predicted octanol–water partition coefficient (Wildman–Crippen LogP) is 1.75. The van der Waals surface area contributed by atoms with E-state index < -0.39 is 5.97 Å². The number of aromatic carboxylic acids is 1. The van der Waals surface area contributed by atoms with Crippen LogP contribution in [0.5, 0.6) is 0 Å². The molecule has 1 fully saturated rings. The highest BCUT2D eigenvalue weighted by molar-refractivity contribution is 5.84. The van der Waals surface area contributed by atoms with Crippen LogP contribution < -0.4 is 0 Å². The Morgan fingerprint density at radius 2 is 2.11 bits per heavy atom. The third-order valence-electron chi connectivity index (χ3n) is 3.58. The van der Waals surface area contributed by atoms with E-state index in [4.69, 9.17) is 9.52 Å². The van der Waals surface area contributed by atoms with Gasteiger partial charge in [0.05, 0.1) is 6.54 Å². The second kappa shape index (κ2) is 6.21. The van der Waals surface area contributed by atoms with Gasteiger partial charge in [-0.2, -0.15) is 0 Å². The zero-order valence-corrected chi connectivity index (χ0v) is 11.6. The molecule has 1 aromatic heterocycles. The van der Waals surface area contributed by atoms with Gasteiger partial charge in [-0.25, -0.2) is 4.79 Å². The highest BCUT2D eigenvalue weighted by Gasteiger charge is 2.20. The van der Waals surface area contributed by atoms with Gasteiger partial charge in [0, 0.05) is 6.54 Å². The van der Waals surface area contributed by atoms with Crippen LogP contribution in [0.25, 0.3) is 0 Å². The number of nitrogens with zero attached hydrogens (tertiary/aromatic N) is 2. The molecular weight excluding hydrogens is 244 g/mol. The zero-order valence-electron chi connectivity index (χ0n) is 11.6. The number of carboxylic acid groups (broad SMARTS) is 1. The number of hydrogen-bond donors (Lipinski definition) is 1. The Labute approximate surface area is 113 Å². The number of carboxylic acids is 1. The van der Waals surface area contributed by atoms with E-state index in [0.717, 1.165) is 31.3 Å². The SMILES string of the molecule is CN(C)CC1CCN(Cc2ccc(C(=O)O)o2)CC1. The molecule has 19 heavy (non-hydrogen) atoms. The van der Waals surface area contributed by atoms with Crippen molar-refractivity contribution in [3.05, 3.63) is 23.7 Å². The van der Waals surface area contributed by atoms with Gasteiger partial charge in [0.15, 0.2) is 0 Å². The Morgan fingerprint density at radius 1 is 1.42 bits per heavy atom. The summed E-state index contributed by atoms with van der Waals surface area (Å²) in [4.78, 5) is 15.3. The van der Waals surface area contributed by atoms with Crippen LogP contribution in [0.4, 0.5) is 0 Å². The molecule has 1 aliphatic rings. The van der Waals surface area contributed by atoms with E-state index in [2.05, 4.69) is 23.9 Å². The number of piperidine rings is 1. The fraction of sp³-hybridized carbons (Fsp3) is 0.643. The van der Waals surface area contributed by atoms with Crippen LogP contribution in [0.3, 0.4) is 0 Å². The summed E-state index contributed by atoms with van der Waals surface area (Å²) in [5.41, 5.74) is 0. The molecule has 0 unspecified atom stereocenters. The summed E-state index contributed by atoms with van der Waals surface area (Å²) in [6.07, 6.45) is 2.40. The van der Waals surface area contributed by atoms with E-state index in [-0.39, 0.29) is 5.76 Å². The van der Waals surface area contributed by atoms with Crippen molar-refractivity contribution in [1.29, 1.82) is 0 Å². The zero-order chi connectivity index (χ0) is 13.8. The average Bonchev–Trinajstić information content (AvgIpc) is 2.80. The largest absolute Gasteiger partial charge is 0.475 e. The third-order valence-corrected chi connectivity index (χ3v) is 3.58. The summed E-state index contributed by atoms with van der Waals surface area (Å²) in [5, 5.41) is 8.81. The fourth-order valence-electron chi connectivity index (χ4n) is 2.64. The molecule has 0 spiro atoms. The van der Waals surface area contributed by atoms with E-state index in [0.29, 0.717) is 6.54 Å². The maximum Gasteiger partial charge on any atom is 0.371 e. The first-order valence-electron chi connectivity index (χ1n) is 6.73. The van der Waals surface area contributed by atoms with Crippen LogP contribution in [-0.4, -0.2) is 54.6 Å². The molecule has 0 aliphatic carbocycles. The lowest BCUT2D eigenvalue weighted by atomic mass is 9.96. The van der Waals surface area contributed by atoms with E-state index in [1.165, 1.54) is 18.9 Å². The van der Waals surface area contributed by atoms with Crippen molar-refractivity contribution in [2.75, 3.05) is 33.7 Å². The highest BCUT2D eigenvalue weighted by Crippen LogP contribution is 2.20.